The highest BCUT2D eigenvalue weighted by Crippen LogP contribution is 2.13. The molecular weight excluding hydrogens is 268 g/mol. The molecule has 0 radical (unpaired) electrons. The Balaban J connectivity index is 2.66. The van der Waals surface area contributed by atoms with Gasteiger partial charge >= 0.3 is 5.97 Å². The highest BCUT2D eigenvalue weighted by atomic mass is 32.2. The summed E-state index contributed by atoms with van der Waals surface area (Å²) < 4.78 is 27.9. The van der Waals surface area contributed by atoms with E-state index in [9.17, 15) is 13.2 Å². The summed E-state index contributed by atoms with van der Waals surface area (Å²) in [7, 11) is -2.89. The van der Waals surface area contributed by atoms with Crippen LogP contribution in [0.1, 0.15) is 20.8 Å². The van der Waals surface area contributed by atoms with Crippen molar-refractivity contribution in [1.82, 2.24) is 10.2 Å². The summed E-state index contributed by atoms with van der Waals surface area (Å²) in [6, 6.07) is 0. The van der Waals surface area contributed by atoms with Gasteiger partial charge in [-0.1, -0.05) is 6.92 Å². The number of nitrogens with zero attached hydrogens (tertiary/aromatic N) is 1. The number of hydrogen-bond donors (Lipinski definition) is 1. The van der Waals surface area contributed by atoms with Gasteiger partial charge in [-0.15, -0.1) is 0 Å². The molecule has 0 aromatic carbocycles. The van der Waals surface area contributed by atoms with E-state index < -0.39 is 15.4 Å². The summed E-state index contributed by atoms with van der Waals surface area (Å²) in [5.74, 6) is 0.0426. The van der Waals surface area contributed by atoms with Crippen LogP contribution in [-0.2, 0) is 19.4 Å². The lowest BCUT2D eigenvalue weighted by atomic mass is 10.0. The van der Waals surface area contributed by atoms with Crippen molar-refractivity contribution >= 4 is 15.8 Å². The smallest absolute Gasteiger partial charge is 0.327 e. The van der Waals surface area contributed by atoms with Crippen LogP contribution in [0.2, 0.25) is 0 Å². The molecule has 1 aliphatic rings. The van der Waals surface area contributed by atoms with Gasteiger partial charge in [0.15, 0.2) is 9.84 Å². The third kappa shape index (κ3) is 4.74. The fourth-order valence-electron chi connectivity index (χ4n) is 2.23. The zero-order valence-corrected chi connectivity index (χ0v) is 12.8. The van der Waals surface area contributed by atoms with Crippen LogP contribution in [0, 0.1) is 0 Å². The molecule has 0 spiro atoms. The van der Waals surface area contributed by atoms with Crippen LogP contribution >= 0.6 is 0 Å². The van der Waals surface area contributed by atoms with Crippen LogP contribution < -0.4 is 5.32 Å². The number of esters is 1. The predicted molar refractivity (Wildman–Crippen MR) is 73.8 cm³/mol. The molecule has 7 heteroatoms. The topological polar surface area (TPSA) is 75.7 Å². The lowest BCUT2D eigenvalue weighted by Crippen LogP contribution is -2.59. The standard InChI is InChI=1S/C12H24N2O4S/c1-4-13-12(3,11(15)18-5-2)10-14-6-8-19(16,17)9-7-14/h13H,4-10H2,1-3H3. The van der Waals surface area contributed by atoms with Crippen LogP contribution in [-0.4, -0.2) is 69.1 Å². The van der Waals surface area contributed by atoms with Gasteiger partial charge in [-0.3, -0.25) is 9.69 Å². The van der Waals surface area contributed by atoms with Crippen molar-refractivity contribution in [2.24, 2.45) is 0 Å². The van der Waals surface area contributed by atoms with E-state index in [4.69, 9.17) is 4.74 Å². The number of hydrogen-bond acceptors (Lipinski definition) is 6. The second kappa shape index (κ2) is 6.67. The van der Waals surface area contributed by atoms with Crippen LogP contribution in [0.3, 0.4) is 0 Å². The molecule has 0 aromatic rings. The summed E-state index contributed by atoms with van der Waals surface area (Å²) in [5.41, 5.74) is -0.786. The summed E-state index contributed by atoms with van der Waals surface area (Å²) in [6.07, 6.45) is 0. The average molecular weight is 292 g/mol. The zero-order chi connectivity index (χ0) is 14.5. The number of rotatable bonds is 6. The molecule has 1 heterocycles. The number of likely N-dealkylation sites (N-methyl/N-ethyl adjacent to an activating group) is 1. The summed E-state index contributed by atoms with van der Waals surface area (Å²) in [6.45, 7) is 7.92. The van der Waals surface area contributed by atoms with Crippen LogP contribution in [0.5, 0.6) is 0 Å². The number of carbonyl (C=O) groups excluding carboxylic acids is 1. The Morgan fingerprint density at radius 2 is 1.89 bits per heavy atom. The van der Waals surface area contributed by atoms with E-state index in [2.05, 4.69) is 5.32 Å². The van der Waals surface area contributed by atoms with E-state index in [-0.39, 0.29) is 17.5 Å². The molecule has 0 bridgehead atoms. The van der Waals surface area contributed by atoms with E-state index in [1.54, 1.807) is 13.8 Å². The van der Waals surface area contributed by atoms with Crippen LogP contribution in [0.25, 0.3) is 0 Å². The number of ether oxygens (including phenoxy) is 1. The first-order valence-electron chi connectivity index (χ1n) is 6.68. The maximum Gasteiger partial charge on any atom is 0.327 e. The summed E-state index contributed by atoms with van der Waals surface area (Å²) in [4.78, 5) is 14.0. The maximum atomic E-state index is 12.0. The highest BCUT2D eigenvalue weighted by Gasteiger charge is 2.37. The number of nitrogens with one attached hydrogen (secondary N) is 1. The monoisotopic (exact) mass is 292 g/mol. The van der Waals surface area contributed by atoms with Gasteiger partial charge in [0.1, 0.15) is 5.54 Å². The van der Waals surface area contributed by atoms with Gasteiger partial charge in [0, 0.05) is 19.6 Å². The van der Waals surface area contributed by atoms with Gasteiger partial charge in [0.25, 0.3) is 0 Å². The van der Waals surface area contributed by atoms with Crippen molar-refractivity contribution in [1.29, 1.82) is 0 Å². The molecule has 0 aromatic heterocycles. The minimum Gasteiger partial charge on any atom is -0.465 e. The fourth-order valence-corrected chi connectivity index (χ4v) is 3.51. The minimum atomic E-state index is -2.89. The lowest BCUT2D eigenvalue weighted by Gasteiger charge is -2.35. The molecule has 6 nitrogen and oxygen atoms in total. The lowest BCUT2D eigenvalue weighted by molar-refractivity contribution is -0.151. The average Bonchev–Trinajstić information content (AvgIpc) is 2.33. The Morgan fingerprint density at radius 1 is 1.32 bits per heavy atom. The molecule has 1 saturated heterocycles. The van der Waals surface area contributed by atoms with E-state index >= 15 is 0 Å². The Bertz CT molecular complexity index is 396. The second-order valence-electron chi connectivity index (χ2n) is 5.01. The molecule has 1 atom stereocenters. The molecule has 1 N–H and O–H groups in total. The van der Waals surface area contributed by atoms with Crippen molar-refractivity contribution in [2.45, 2.75) is 26.3 Å². The SMILES string of the molecule is CCNC(C)(CN1CCS(=O)(=O)CC1)C(=O)OCC. The Labute approximate surface area is 115 Å². The quantitative estimate of drug-likeness (QED) is 0.674. The summed E-state index contributed by atoms with van der Waals surface area (Å²) >= 11 is 0. The highest BCUT2D eigenvalue weighted by molar-refractivity contribution is 7.91. The molecule has 1 aliphatic heterocycles. The van der Waals surface area contributed by atoms with Gasteiger partial charge in [-0.05, 0) is 20.4 Å². The van der Waals surface area contributed by atoms with Crippen LogP contribution in [0.4, 0.5) is 0 Å². The molecule has 112 valence electrons. The van der Waals surface area contributed by atoms with E-state index in [0.29, 0.717) is 32.8 Å². The molecular formula is C12H24N2O4S. The van der Waals surface area contributed by atoms with Crippen molar-refractivity contribution in [2.75, 3.05) is 44.3 Å². The van der Waals surface area contributed by atoms with Gasteiger partial charge < -0.3 is 10.1 Å². The van der Waals surface area contributed by atoms with E-state index in [1.165, 1.54) is 0 Å². The maximum absolute atomic E-state index is 12.0. The number of carbonyl (C=O) groups is 1. The first-order valence-corrected chi connectivity index (χ1v) is 8.50. The molecule has 19 heavy (non-hydrogen) atoms. The Hall–Kier alpha value is -0.660. The van der Waals surface area contributed by atoms with E-state index in [0.717, 1.165) is 0 Å². The minimum absolute atomic E-state index is 0.165. The van der Waals surface area contributed by atoms with Gasteiger partial charge in [-0.2, -0.15) is 0 Å². The van der Waals surface area contributed by atoms with Crippen molar-refractivity contribution < 1.29 is 17.9 Å². The largest absolute Gasteiger partial charge is 0.465 e. The van der Waals surface area contributed by atoms with Crippen molar-refractivity contribution in [3.63, 3.8) is 0 Å². The molecule has 1 unspecified atom stereocenters. The molecule has 0 saturated carbocycles. The van der Waals surface area contributed by atoms with Crippen LogP contribution in [0.15, 0.2) is 0 Å². The normalized spacial score (nSPS) is 22.7. The molecule has 1 fully saturated rings. The van der Waals surface area contributed by atoms with E-state index in [1.807, 2.05) is 11.8 Å². The third-order valence-corrected chi connectivity index (χ3v) is 4.88. The fraction of sp³-hybridized carbons (Fsp3) is 0.917. The zero-order valence-electron chi connectivity index (χ0n) is 11.9. The third-order valence-electron chi connectivity index (χ3n) is 3.27. The first-order chi connectivity index (χ1) is 8.83. The van der Waals surface area contributed by atoms with Gasteiger partial charge in [0.2, 0.25) is 0 Å². The van der Waals surface area contributed by atoms with Crippen molar-refractivity contribution in [3.8, 4) is 0 Å². The second-order valence-corrected chi connectivity index (χ2v) is 7.31. The van der Waals surface area contributed by atoms with Gasteiger partial charge in [-0.25, -0.2) is 8.42 Å². The van der Waals surface area contributed by atoms with Crippen molar-refractivity contribution in [3.05, 3.63) is 0 Å². The molecule has 0 aliphatic carbocycles. The summed E-state index contributed by atoms with van der Waals surface area (Å²) in [5, 5.41) is 3.15. The number of sulfone groups is 1. The van der Waals surface area contributed by atoms with Gasteiger partial charge in [0.05, 0.1) is 18.1 Å². The molecule has 1 rings (SSSR count). The Kier molecular flexibility index (Phi) is 5.76. The molecule has 0 amide bonds. The Morgan fingerprint density at radius 3 is 2.37 bits per heavy atom. The first kappa shape index (κ1) is 16.4. The predicted octanol–water partition coefficient (Wildman–Crippen LogP) is -0.352.